The lowest BCUT2D eigenvalue weighted by molar-refractivity contribution is 0.0495. The molecule has 2 unspecified atom stereocenters. The van der Waals surface area contributed by atoms with Crippen molar-refractivity contribution in [1.82, 2.24) is 10.6 Å². The summed E-state index contributed by atoms with van der Waals surface area (Å²) in [6, 6.07) is 0.252. The molecule has 2 rings (SSSR count). The van der Waals surface area contributed by atoms with Crippen LogP contribution in [0.5, 0.6) is 0 Å². The van der Waals surface area contributed by atoms with Crippen LogP contribution in [0.2, 0.25) is 0 Å². The molecule has 4 nitrogen and oxygen atoms in total. The van der Waals surface area contributed by atoms with E-state index in [9.17, 15) is 4.79 Å². The van der Waals surface area contributed by atoms with Crippen LogP contribution in [0.4, 0.5) is 4.79 Å². The van der Waals surface area contributed by atoms with Crippen molar-refractivity contribution >= 4 is 6.09 Å². The molecule has 92 valence electrons. The zero-order chi connectivity index (χ0) is 11.8. The third-order valence-electron chi connectivity index (χ3n) is 3.19. The second-order valence-electron chi connectivity index (χ2n) is 5.91. The molecule has 1 saturated carbocycles. The molecule has 0 aromatic heterocycles. The molecule has 4 heteroatoms. The summed E-state index contributed by atoms with van der Waals surface area (Å²) in [5.41, 5.74) is -0.412. The van der Waals surface area contributed by atoms with Crippen molar-refractivity contribution in [2.45, 2.75) is 45.3 Å². The molecule has 2 N–H and O–H groups in total. The second kappa shape index (κ2) is 4.24. The molecular weight excluding hydrogens is 204 g/mol. The molecule has 1 aliphatic heterocycles. The largest absolute Gasteiger partial charge is 0.444 e. The number of carbonyl (C=O) groups is 1. The first kappa shape index (κ1) is 11.7. The lowest BCUT2D eigenvalue weighted by Crippen LogP contribution is -2.43. The fraction of sp³-hybridized carbons (Fsp3) is 0.917. The third-order valence-corrected chi connectivity index (χ3v) is 3.19. The lowest BCUT2D eigenvalue weighted by Gasteiger charge is -2.24. The van der Waals surface area contributed by atoms with Crippen molar-refractivity contribution in [2.24, 2.45) is 11.8 Å². The number of hydrogen-bond donors (Lipinski definition) is 2. The summed E-state index contributed by atoms with van der Waals surface area (Å²) in [5.74, 6) is 1.42. The van der Waals surface area contributed by atoms with Crippen molar-refractivity contribution in [2.75, 3.05) is 13.1 Å². The quantitative estimate of drug-likeness (QED) is 0.750. The Morgan fingerprint density at radius 2 is 2.00 bits per heavy atom. The molecule has 16 heavy (non-hydrogen) atoms. The number of amides is 1. The van der Waals surface area contributed by atoms with Gasteiger partial charge in [0.1, 0.15) is 5.60 Å². The minimum absolute atomic E-state index is 0.252. The smallest absolute Gasteiger partial charge is 0.407 e. The average molecular weight is 226 g/mol. The highest BCUT2D eigenvalue weighted by Gasteiger charge is 2.40. The van der Waals surface area contributed by atoms with E-state index in [2.05, 4.69) is 10.6 Å². The minimum Gasteiger partial charge on any atom is -0.444 e. The third kappa shape index (κ3) is 3.11. The van der Waals surface area contributed by atoms with Crippen molar-refractivity contribution in [3.8, 4) is 0 Å². The fourth-order valence-corrected chi connectivity index (χ4v) is 2.34. The Morgan fingerprint density at radius 1 is 1.31 bits per heavy atom. The summed E-state index contributed by atoms with van der Waals surface area (Å²) in [6.45, 7) is 7.57. The Bertz CT molecular complexity index is 269. The molecule has 1 heterocycles. The Balaban J connectivity index is 1.81. The topological polar surface area (TPSA) is 50.4 Å². The van der Waals surface area contributed by atoms with E-state index in [1.54, 1.807) is 0 Å². The first-order valence-electron chi connectivity index (χ1n) is 6.16. The van der Waals surface area contributed by atoms with Crippen LogP contribution in [0.3, 0.4) is 0 Å². The van der Waals surface area contributed by atoms with Crippen LogP contribution >= 0.6 is 0 Å². The van der Waals surface area contributed by atoms with Crippen LogP contribution in [0.15, 0.2) is 0 Å². The molecule has 0 spiro atoms. The summed E-state index contributed by atoms with van der Waals surface area (Å²) in [7, 11) is 0. The van der Waals surface area contributed by atoms with Gasteiger partial charge in [-0.1, -0.05) is 0 Å². The van der Waals surface area contributed by atoms with Gasteiger partial charge in [0, 0.05) is 19.1 Å². The van der Waals surface area contributed by atoms with Crippen molar-refractivity contribution in [3.63, 3.8) is 0 Å². The van der Waals surface area contributed by atoms with E-state index >= 15 is 0 Å². The van der Waals surface area contributed by atoms with Gasteiger partial charge in [0.25, 0.3) is 0 Å². The molecule has 1 saturated heterocycles. The van der Waals surface area contributed by atoms with Crippen LogP contribution < -0.4 is 10.6 Å². The van der Waals surface area contributed by atoms with Crippen molar-refractivity contribution < 1.29 is 9.53 Å². The van der Waals surface area contributed by atoms with Gasteiger partial charge >= 0.3 is 6.09 Å². The molecule has 0 aromatic carbocycles. The van der Waals surface area contributed by atoms with Gasteiger partial charge in [-0.2, -0.15) is 0 Å². The van der Waals surface area contributed by atoms with E-state index in [1.807, 2.05) is 20.8 Å². The molecular formula is C12H22N2O2. The molecule has 0 aromatic rings. The van der Waals surface area contributed by atoms with Gasteiger partial charge < -0.3 is 15.4 Å². The first-order chi connectivity index (χ1) is 7.46. The Morgan fingerprint density at radius 3 is 2.56 bits per heavy atom. The van der Waals surface area contributed by atoms with E-state index < -0.39 is 5.60 Å². The molecule has 1 aliphatic carbocycles. The maximum Gasteiger partial charge on any atom is 0.407 e. The number of carbonyl (C=O) groups excluding carboxylic acids is 1. The number of rotatable bonds is 2. The SMILES string of the molecule is CC(C)(C)OC(=O)NC1CNCC1C1CC1. The zero-order valence-electron chi connectivity index (χ0n) is 10.4. The predicted molar refractivity (Wildman–Crippen MR) is 62.2 cm³/mol. The highest BCUT2D eigenvalue weighted by molar-refractivity contribution is 5.68. The second-order valence-corrected chi connectivity index (χ2v) is 5.91. The van der Waals surface area contributed by atoms with E-state index in [-0.39, 0.29) is 12.1 Å². The molecule has 1 amide bonds. The standard InChI is InChI=1S/C12H22N2O2/c1-12(2,3)16-11(15)14-10-7-13-6-9(10)8-4-5-8/h8-10,13H,4-7H2,1-3H3,(H,14,15). The van der Waals surface area contributed by atoms with Gasteiger partial charge in [-0.05, 0) is 45.4 Å². The Labute approximate surface area is 97.1 Å². The van der Waals surface area contributed by atoms with Gasteiger partial charge in [0.05, 0.1) is 0 Å². The van der Waals surface area contributed by atoms with Gasteiger partial charge in [-0.15, -0.1) is 0 Å². The van der Waals surface area contributed by atoms with Crippen molar-refractivity contribution in [1.29, 1.82) is 0 Å². The summed E-state index contributed by atoms with van der Waals surface area (Å²) in [6.07, 6.45) is 2.35. The normalized spacial score (nSPS) is 30.2. The van der Waals surface area contributed by atoms with Crippen LogP contribution in [-0.4, -0.2) is 30.8 Å². The first-order valence-corrected chi connectivity index (χ1v) is 6.16. The van der Waals surface area contributed by atoms with E-state index in [1.165, 1.54) is 12.8 Å². The highest BCUT2D eigenvalue weighted by Crippen LogP contribution is 2.39. The van der Waals surface area contributed by atoms with Crippen molar-refractivity contribution in [3.05, 3.63) is 0 Å². The Hall–Kier alpha value is -0.770. The Kier molecular flexibility index (Phi) is 3.10. The summed E-state index contributed by atoms with van der Waals surface area (Å²) >= 11 is 0. The average Bonchev–Trinajstić information content (AvgIpc) is 2.85. The summed E-state index contributed by atoms with van der Waals surface area (Å²) in [5, 5.41) is 6.32. The number of ether oxygens (including phenoxy) is 1. The number of hydrogen-bond acceptors (Lipinski definition) is 3. The summed E-state index contributed by atoms with van der Waals surface area (Å²) in [4.78, 5) is 11.6. The highest BCUT2D eigenvalue weighted by atomic mass is 16.6. The van der Waals surface area contributed by atoms with E-state index in [0.717, 1.165) is 19.0 Å². The summed E-state index contributed by atoms with van der Waals surface area (Å²) < 4.78 is 5.27. The lowest BCUT2D eigenvalue weighted by atomic mass is 9.98. The van der Waals surface area contributed by atoms with Gasteiger partial charge in [0.15, 0.2) is 0 Å². The molecule has 2 atom stereocenters. The predicted octanol–water partition coefficient (Wildman–Crippen LogP) is 1.51. The molecule has 2 fully saturated rings. The van der Waals surface area contributed by atoms with Crippen LogP contribution in [0.25, 0.3) is 0 Å². The fourth-order valence-electron chi connectivity index (χ4n) is 2.34. The van der Waals surface area contributed by atoms with E-state index in [0.29, 0.717) is 5.92 Å². The van der Waals surface area contributed by atoms with E-state index in [4.69, 9.17) is 4.74 Å². The maximum absolute atomic E-state index is 11.6. The number of nitrogens with one attached hydrogen (secondary N) is 2. The van der Waals surface area contributed by atoms with Gasteiger partial charge in [0.2, 0.25) is 0 Å². The molecule has 0 bridgehead atoms. The zero-order valence-corrected chi connectivity index (χ0v) is 10.4. The van der Waals surface area contributed by atoms with Crippen LogP contribution in [-0.2, 0) is 4.74 Å². The minimum atomic E-state index is -0.412. The molecule has 2 aliphatic rings. The maximum atomic E-state index is 11.6. The molecule has 0 radical (unpaired) electrons. The van der Waals surface area contributed by atoms with Crippen LogP contribution in [0, 0.1) is 11.8 Å². The van der Waals surface area contributed by atoms with Gasteiger partial charge in [-0.25, -0.2) is 4.79 Å². The number of alkyl carbamates (subject to hydrolysis) is 1. The van der Waals surface area contributed by atoms with Crippen LogP contribution in [0.1, 0.15) is 33.6 Å². The van der Waals surface area contributed by atoms with Gasteiger partial charge in [-0.3, -0.25) is 0 Å². The monoisotopic (exact) mass is 226 g/mol.